The van der Waals surface area contributed by atoms with E-state index in [2.05, 4.69) is 10.3 Å². The molecule has 0 unspecified atom stereocenters. The Kier molecular flexibility index (Phi) is 33.3. The number of aliphatic carboxylic acids is 5. The molecule has 7 atom stereocenters. The molecule has 2 rings (SSSR count). The van der Waals surface area contributed by atoms with Crippen LogP contribution in [0.5, 0.6) is 5.75 Å². The number of aliphatic imine (C=N–C) groups is 1. The van der Waals surface area contributed by atoms with E-state index in [-0.39, 0.29) is 24.2 Å². The summed E-state index contributed by atoms with van der Waals surface area (Å²) in [5.41, 5.74) is 42.8. The first kappa shape index (κ1) is 58.1. The number of ether oxygens (including phenoxy) is 1. The predicted molar refractivity (Wildman–Crippen MR) is 219 cm³/mol. The van der Waals surface area contributed by atoms with Crippen LogP contribution in [-0.2, 0) is 39.9 Å². The van der Waals surface area contributed by atoms with Crippen LogP contribution in [-0.4, -0.2) is 134 Å². The van der Waals surface area contributed by atoms with Gasteiger partial charge in [0.15, 0.2) is 5.96 Å². The number of phenols is 1. The summed E-state index contributed by atoms with van der Waals surface area (Å²) in [5, 5.41) is 54.0. The van der Waals surface area contributed by atoms with Gasteiger partial charge in [0.2, 0.25) is 0 Å². The topological polar surface area (TPSA) is 466 Å². The summed E-state index contributed by atoms with van der Waals surface area (Å²) in [6.07, 6.45) is 4.64. The molecule has 1 fully saturated rings. The fourth-order valence-electron chi connectivity index (χ4n) is 4.29. The Morgan fingerprint density at radius 3 is 1.66 bits per heavy atom. The molecule has 0 aliphatic carbocycles. The number of phenolic OH excluding ortho intramolecular Hbond substituents is 1. The Balaban J connectivity index is -0.000000680. The van der Waals surface area contributed by atoms with Crippen molar-refractivity contribution in [1.29, 1.82) is 0 Å². The minimum Gasteiger partial charge on any atom is -0.508 e. The monoisotopic (exact) mass is 848 g/mol. The number of hydrogen-bond acceptors (Lipinski definition) is 16. The lowest BCUT2D eigenvalue weighted by Crippen LogP contribution is -2.45. The number of nitrogens with one attached hydrogen (secondary N) is 1. The molecule has 0 saturated carbocycles. The van der Waals surface area contributed by atoms with E-state index in [1.807, 2.05) is 13.8 Å². The normalized spacial score (nSPS) is 15.7. The Bertz CT molecular complexity index is 1390. The minimum absolute atomic E-state index is 0.0129. The van der Waals surface area contributed by atoms with E-state index in [1.165, 1.54) is 19.1 Å². The van der Waals surface area contributed by atoms with E-state index in [0.29, 0.717) is 44.7 Å². The van der Waals surface area contributed by atoms with Gasteiger partial charge in [-0.15, -0.1) is 0 Å². The van der Waals surface area contributed by atoms with Crippen molar-refractivity contribution in [3.8, 4) is 5.75 Å². The summed E-state index contributed by atoms with van der Waals surface area (Å²) >= 11 is 0. The number of nitrogens with two attached hydrogens (primary N) is 8. The van der Waals surface area contributed by atoms with Crippen LogP contribution >= 0.6 is 0 Å². The fraction of sp³-hybridized carbons (Fsp3) is 0.639. The molecule has 0 spiro atoms. The van der Waals surface area contributed by atoms with Crippen LogP contribution in [0.3, 0.4) is 0 Å². The van der Waals surface area contributed by atoms with E-state index >= 15 is 0 Å². The molecule has 0 amide bonds. The molecule has 0 aromatic heterocycles. The number of aromatic hydroxyl groups is 1. The lowest BCUT2D eigenvalue weighted by atomic mass is 10.1. The van der Waals surface area contributed by atoms with Crippen LogP contribution < -0.4 is 51.2 Å². The van der Waals surface area contributed by atoms with Crippen molar-refractivity contribution in [3.05, 3.63) is 29.8 Å². The predicted octanol–water partition coefficient (Wildman–Crippen LogP) is -2.15. The maximum absolute atomic E-state index is 11.4. The first-order valence-corrected chi connectivity index (χ1v) is 18.8. The number of carbonyl (C=O) groups excluding carboxylic acids is 1. The molecule has 1 saturated heterocycles. The average Bonchev–Trinajstić information content (AvgIpc) is 3.70. The highest BCUT2D eigenvalue weighted by molar-refractivity contribution is 5.78. The molecular formula is C36H68N10O13. The number of carbonyl (C=O) groups is 6. The van der Waals surface area contributed by atoms with Gasteiger partial charge in [-0.1, -0.05) is 32.4 Å². The summed E-state index contributed by atoms with van der Waals surface area (Å²) in [4.78, 5) is 66.5. The van der Waals surface area contributed by atoms with Gasteiger partial charge in [-0.2, -0.15) is 0 Å². The Morgan fingerprint density at radius 1 is 0.763 bits per heavy atom. The Hall–Kier alpha value is -5.17. The van der Waals surface area contributed by atoms with Gasteiger partial charge >= 0.3 is 35.8 Å². The third-order valence-corrected chi connectivity index (χ3v) is 7.76. The first-order chi connectivity index (χ1) is 27.4. The van der Waals surface area contributed by atoms with Crippen LogP contribution in [0.15, 0.2) is 29.3 Å². The van der Waals surface area contributed by atoms with Crippen molar-refractivity contribution < 1.29 is 64.1 Å². The van der Waals surface area contributed by atoms with E-state index in [0.717, 1.165) is 37.8 Å². The third-order valence-electron chi connectivity index (χ3n) is 7.76. The maximum Gasteiger partial charge on any atom is 0.324 e. The van der Waals surface area contributed by atoms with Gasteiger partial charge in [0.1, 0.15) is 48.1 Å². The van der Waals surface area contributed by atoms with Gasteiger partial charge in [-0.05, 0) is 95.0 Å². The second-order valence-corrected chi connectivity index (χ2v) is 13.7. The smallest absolute Gasteiger partial charge is 0.324 e. The first-order valence-electron chi connectivity index (χ1n) is 18.8. The van der Waals surface area contributed by atoms with Crippen molar-refractivity contribution in [2.24, 2.45) is 56.8 Å². The lowest BCUT2D eigenvalue weighted by Gasteiger charge is -2.19. The highest BCUT2D eigenvalue weighted by Gasteiger charge is 2.26. The molecule has 1 aromatic carbocycles. The number of guanidine groups is 1. The number of carboxylic acids is 5. The molecule has 1 aliphatic rings. The van der Waals surface area contributed by atoms with Crippen molar-refractivity contribution in [1.82, 2.24) is 5.32 Å². The Labute approximate surface area is 343 Å². The molecule has 0 radical (unpaired) electrons. The zero-order valence-corrected chi connectivity index (χ0v) is 34.0. The van der Waals surface area contributed by atoms with E-state index in [1.54, 1.807) is 12.1 Å². The molecule has 340 valence electrons. The van der Waals surface area contributed by atoms with Gasteiger partial charge in [-0.3, -0.25) is 33.8 Å². The number of nitrogens with zero attached hydrogens (tertiary/aromatic N) is 1. The minimum atomic E-state index is -1.24. The number of carboxylic acid groups (broad SMARTS) is 5. The molecule has 23 heteroatoms. The standard InChI is InChI=1S/C10H21N3O4.C9H11NO3.C6H14N4O2.C6H13NO2.C5H9NO2/c1-6(8(13)9(14)15)17-10(16)7(12)4-2-3-5-11;10-8(9(12)13)5-6-1-3-7(11)4-2-6;7-4(5(11)12)2-1-3-10-6(8)9;1-4(2)3-5(7)6(8)9;7-5(8)4-2-1-3-6-4/h6-8H,2-5,11-13H2,1H3,(H,14,15);1-4,8,11H,5,10H2,(H,12,13);4H,1-3,7H2,(H,11,12)(H4,8,9,10);4-5H,3,7H2,1-2H3,(H,8,9);4,6H,1-3H2,(H,7,8)/t6-,7+,8+;8-;4-;5-;4-/m10000/s1. The molecule has 59 heavy (non-hydrogen) atoms. The van der Waals surface area contributed by atoms with Crippen LogP contribution in [0.1, 0.15) is 77.7 Å². The number of unbranched alkanes of at least 4 members (excludes halogenated alkanes) is 1. The van der Waals surface area contributed by atoms with Crippen molar-refractivity contribution in [2.75, 3.05) is 19.6 Å². The zero-order chi connectivity index (χ0) is 46.2. The van der Waals surface area contributed by atoms with Gasteiger partial charge in [0.05, 0.1) is 0 Å². The van der Waals surface area contributed by atoms with E-state index in [4.69, 9.17) is 81.2 Å². The number of hydrogen-bond donors (Lipinski definition) is 15. The van der Waals surface area contributed by atoms with Crippen LogP contribution in [0.2, 0.25) is 0 Å². The second kappa shape index (κ2) is 33.8. The summed E-state index contributed by atoms with van der Waals surface area (Å²) in [6.45, 7) is 7.14. The van der Waals surface area contributed by atoms with Gasteiger partial charge < -0.3 is 86.6 Å². The van der Waals surface area contributed by atoms with E-state index < -0.39 is 72.1 Å². The summed E-state index contributed by atoms with van der Waals surface area (Å²) in [6, 6.07) is 1.65. The fourth-order valence-corrected chi connectivity index (χ4v) is 4.29. The molecular weight excluding hydrogens is 780 g/mol. The maximum atomic E-state index is 11.4. The van der Waals surface area contributed by atoms with Gasteiger partial charge in [0.25, 0.3) is 0 Å². The molecule has 1 aromatic rings. The molecule has 23 nitrogen and oxygen atoms in total. The summed E-state index contributed by atoms with van der Waals surface area (Å²) < 4.78 is 4.86. The van der Waals surface area contributed by atoms with Crippen LogP contribution in [0, 0.1) is 5.92 Å². The van der Waals surface area contributed by atoms with E-state index in [9.17, 15) is 28.8 Å². The van der Waals surface area contributed by atoms with Crippen LogP contribution in [0.25, 0.3) is 0 Å². The van der Waals surface area contributed by atoms with Crippen molar-refractivity contribution in [3.63, 3.8) is 0 Å². The summed E-state index contributed by atoms with van der Waals surface area (Å²) in [5.74, 6) is -4.98. The SMILES string of the molecule is CC(C)C[C@H](N)C(=O)O.C[C@@H](OC(=O)[C@@H](N)CCCCN)[C@H](N)C(=O)O.NC(N)=NCCC[C@H](N)C(=O)O.N[C@@H](Cc1ccc(O)cc1)C(=O)O.O=C(O)[C@@H]1CCCN1. The largest absolute Gasteiger partial charge is 0.508 e. The Morgan fingerprint density at radius 2 is 1.29 bits per heavy atom. The highest BCUT2D eigenvalue weighted by atomic mass is 16.5. The zero-order valence-electron chi connectivity index (χ0n) is 34.0. The lowest BCUT2D eigenvalue weighted by molar-refractivity contribution is -0.155. The number of benzene rings is 1. The third kappa shape index (κ3) is 33.5. The highest BCUT2D eigenvalue weighted by Crippen LogP contribution is 2.11. The number of esters is 1. The second-order valence-electron chi connectivity index (χ2n) is 13.7. The van der Waals surface area contributed by atoms with Crippen molar-refractivity contribution in [2.45, 2.75) is 121 Å². The van der Waals surface area contributed by atoms with Crippen LogP contribution in [0.4, 0.5) is 0 Å². The van der Waals surface area contributed by atoms with Crippen molar-refractivity contribution >= 4 is 41.8 Å². The molecule has 0 bridgehead atoms. The van der Waals surface area contributed by atoms with Gasteiger partial charge in [-0.25, -0.2) is 0 Å². The average molecular weight is 849 g/mol. The summed E-state index contributed by atoms with van der Waals surface area (Å²) in [7, 11) is 0. The molecule has 1 heterocycles. The quantitative estimate of drug-likeness (QED) is 0.0288. The van der Waals surface area contributed by atoms with Gasteiger partial charge in [0, 0.05) is 6.54 Å². The molecule has 1 aliphatic heterocycles. The number of rotatable bonds is 20. The molecule has 23 N–H and O–H groups in total.